The number of rotatable bonds is 7. The second-order valence-electron chi connectivity index (χ2n) is 4.36. The molecule has 0 saturated carbocycles. The van der Waals surface area contributed by atoms with Crippen molar-refractivity contribution in [1.29, 1.82) is 0 Å². The molecule has 106 valence electrons. The number of carbonyl (C=O) groups is 1. The predicted molar refractivity (Wildman–Crippen MR) is 77.1 cm³/mol. The molecule has 0 spiro atoms. The van der Waals surface area contributed by atoms with Crippen molar-refractivity contribution in [2.45, 2.75) is 6.54 Å². The summed E-state index contributed by atoms with van der Waals surface area (Å²) in [5.74, 6) is -0.0351. The van der Waals surface area contributed by atoms with Crippen molar-refractivity contribution in [3.8, 4) is 0 Å². The Hall–Kier alpha value is -1.30. The van der Waals surface area contributed by atoms with Gasteiger partial charge < -0.3 is 15.8 Å². The number of likely N-dealkylation sites (N-methyl/N-ethyl adjacent to an activating group) is 1. The Kier molecular flexibility index (Phi) is 6.62. The lowest BCUT2D eigenvalue weighted by molar-refractivity contribution is -0.122. The number of ether oxygens (including phenoxy) is 1. The van der Waals surface area contributed by atoms with Gasteiger partial charge >= 0.3 is 0 Å². The van der Waals surface area contributed by atoms with E-state index in [1.807, 2.05) is 18.0 Å². The second-order valence-corrected chi connectivity index (χ2v) is 4.79. The van der Waals surface area contributed by atoms with Gasteiger partial charge in [0.1, 0.15) is 0 Å². The highest BCUT2D eigenvalue weighted by Gasteiger charge is 2.08. The minimum atomic E-state index is -0.0351. The summed E-state index contributed by atoms with van der Waals surface area (Å²) in [5, 5.41) is 3.38. The minimum absolute atomic E-state index is 0.0351. The maximum absolute atomic E-state index is 11.6. The van der Waals surface area contributed by atoms with Crippen LogP contribution < -0.4 is 11.1 Å². The molecule has 0 bridgehead atoms. The van der Waals surface area contributed by atoms with Crippen LogP contribution >= 0.6 is 11.6 Å². The van der Waals surface area contributed by atoms with Gasteiger partial charge in [-0.15, -0.1) is 0 Å². The number of hydrogen-bond donors (Lipinski definition) is 2. The molecule has 0 aromatic heterocycles. The first-order valence-corrected chi connectivity index (χ1v) is 6.39. The van der Waals surface area contributed by atoms with E-state index in [1.54, 1.807) is 19.2 Å². The van der Waals surface area contributed by atoms with Gasteiger partial charge in [0.2, 0.25) is 5.91 Å². The molecule has 1 rings (SSSR count). The van der Waals surface area contributed by atoms with Crippen LogP contribution in [0, 0.1) is 0 Å². The molecule has 5 nitrogen and oxygen atoms in total. The Morgan fingerprint density at radius 1 is 1.53 bits per heavy atom. The van der Waals surface area contributed by atoms with E-state index < -0.39 is 0 Å². The first-order valence-electron chi connectivity index (χ1n) is 6.01. The van der Waals surface area contributed by atoms with Gasteiger partial charge in [-0.05, 0) is 24.7 Å². The average Bonchev–Trinajstić information content (AvgIpc) is 2.33. The number of benzene rings is 1. The zero-order valence-electron chi connectivity index (χ0n) is 11.3. The number of carbonyl (C=O) groups excluding carboxylic acids is 1. The topological polar surface area (TPSA) is 67.6 Å². The smallest absolute Gasteiger partial charge is 0.234 e. The van der Waals surface area contributed by atoms with Gasteiger partial charge in [0.25, 0.3) is 0 Å². The number of methoxy groups -OCH3 is 1. The Bertz CT molecular complexity index is 426. The van der Waals surface area contributed by atoms with Gasteiger partial charge in [-0.25, -0.2) is 0 Å². The molecule has 0 radical (unpaired) electrons. The lowest BCUT2D eigenvalue weighted by Crippen LogP contribution is -2.36. The third kappa shape index (κ3) is 5.92. The summed E-state index contributed by atoms with van der Waals surface area (Å²) in [4.78, 5) is 13.5. The molecule has 1 aromatic rings. The lowest BCUT2D eigenvalue weighted by Gasteiger charge is -2.17. The van der Waals surface area contributed by atoms with Crippen molar-refractivity contribution >= 4 is 23.2 Å². The van der Waals surface area contributed by atoms with Crippen LogP contribution in [0.2, 0.25) is 5.02 Å². The van der Waals surface area contributed by atoms with Crippen molar-refractivity contribution in [2.24, 2.45) is 0 Å². The SMILES string of the molecule is COCCNC(=O)CN(C)Cc1ccc(Cl)cc1N. The highest BCUT2D eigenvalue weighted by molar-refractivity contribution is 6.30. The molecule has 3 N–H and O–H groups in total. The van der Waals surface area contributed by atoms with Gasteiger partial charge in [-0.3, -0.25) is 9.69 Å². The fraction of sp³-hybridized carbons (Fsp3) is 0.462. The molecular weight excluding hydrogens is 266 g/mol. The fourth-order valence-corrected chi connectivity index (χ4v) is 1.83. The van der Waals surface area contributed by atoms with Gasteiger partial charge in [0.05, 0.1) is 13.2 Å². The van der Waals surface area contributed by atoms with Crippen molar-refractivity contribution in [3.63, 3.8) is 0 Å². The zero-order chi connectivity index (χ0) is 14.3. The average molecular weight is 286 g/mol. The second kappa shape index (κ2) is 7.99. The van der Waals surface area contributed by atoms with Crippen molar-refractivity contribution in [1.82, 2.24) is 10.2 Å². The van der Waals surface area contributed by atoms with Gasteiger partial charge in [-0.1, -0.05) is 17.7 Å². The predicted octanol–water partition coefficient (Wildman–Crippen LogP) is 1.12. The number of anilines is 1. The fourth-order valence-electron chi connectivity index (χ4n) is 1.65. The molecule has 0 saturated heterocycles. The quantitative estimate of drug-likeness (QED) is 0.582. The van der Waals surface area contributed by atoms with E-state index in [-0.39, 0.29) is 5.91 Å². The van der Waals surface area contributed by atoms with E-state index in [0.717, 1.165) is 5.56 Å². The number of amides is 1. The highest BCUT2D eigenvalue weighted by Crippen LogP contribution is 2.18. The van der Waals surface area contributed by atoms with E-state index in [1.165, 1.54) is 0 Å². The van der Waals surface area contributed by atoms with E-state index >= 15 is 0 Å². The molecule has 0 heterocycles. The van der Waals surface area contributed by atoms with Crippen LogP contribution in [0.5, 0.6) is 0 Å². The summed E-state index contributed by atoms with van der Waals surface area (Å²) in [7, 11) is 3.46. The summed E-state index contributed by atoms with van der Waals surface area (Å²) in [6.07, 6.45) is 0. The van der Waals surface area contributed by atoms with Crippen molar-refractivity contribution in [2.75, 3.05) is 39.6 Å². The molecule has 0 unspecified atom stereocenters. The van der Waals surface area contributed by atoms with Crippen LogP contribution in [0.15, 0.2) is 18.2 Å². The zero-order valence-corrected chi connectivity index (χ0v) is 12.0. The van der Waals surface area contributed by atoms with Crippen LogP contribution in [0.3, 0.4) is 0 Å². The molecule has 0 fully saturated rings. The van der Waals surface area contributed by atoms with Crippen molar-refractivity contribution < 1.29 is 9.53 Å². The third-order valence-corrected chi connectivity index (χ3v) is 2.83. The molecule has 1 aromatic carbocycles. The maximum atomic E-state index is 11.6. The summed E-state index contributed by atoms with van der Waals surface area (Å²) in [5.41, 5.74) is 7.46. The van der Waals surface area contributed by atoms with E-state index in [9.17, 15) is 4.79 Å². The molecule has 6 heteroatoms. The van der Waals surface area contributed by atoms with Crippen molar-refractivity contribution in [3.05, 3.63) is 28.8 Å². The number of nitrogens with two attached hydrogens (primary N) is 1. The van der Waals surface area contributed by atoms with Gasteiger partial charge in [0.15, 0.2) is 0 Å². The molecule has 19 heavy (non-hydrogen) atoms. The van der Waals surface area contributed by atoms with E-state index in [4.69, 9.17) is 22.1 Å². The van der Waals surface area contributed by atoms with Gasteiger partial charge in [-0.2, -0.15) is 0 Å². The van der Waals surface area contributed by atoms with E-state index in [2.05, 4.69) is 5.32 Å². The number of nitrogens with one attached hydrogen (secondary N) is 1. The molecule has 0 aliphatic rings. The number of nitrogen functional groups attached to an aromatic ring is 1. The lowest BCUT2D eigenvalue weighted by atomic mass is 10.1. The number of hydrogen-bond acceptors (Lipinski definition) is 4. The van der Waals surface area contributed by atoms with E-state index in [0.29, 0.717) is 37.0 Å². The van der Waals surface area contributed by atoms with Gasteiger partial charge in [0, 0.05) is 30.9 Å². The Morgan fingerprint density at radius 2 is 2.26 bits per heavy atom. The maximum Gasteiger partial charge on any atom is 0.234 e. The minimum Gasteiger partial charge on any atom is -0.398 e. The highest BCUT2D eigenvalue weighted by atomic mass is 35.5. The Morgan fingerprint density at radius 3 is 2.89 bits per heavy atom. The third-order valence-electron chi connectivity index (χ3n) is 2.59. The van der Waals surface area contributed by atoms with Crippen LogP contribution in [0.25, 0.3) is 0 Å². The molecule has 1 amide bonds. The number of nitrogens with zero attached hydrogens (tertiary/aromatic N) is 1. The normalized spacial score (nSPS) is 10.7. The van der Waals surface area contributed by atoms with Crippen LogP contribution in [-0.4, -0.2) is 44.7 Å². The molecule has 0 aliphatic heterocycles. The summed E-state index contributed by atoms with van der Waals surface area (Å²) >= 11 is 5.84. The monoisotopic (exact) mass is 285 g/mol. The molecule has 0 aliphatic carbocycles. The molecule has 0 atom stereocenters. The first-order chi connectivity index (χ1) is 9.02. The first kappa shape index (κ1) is 15.8. The van der Waals surface area contributed by atoms with Crippen LogP contribution in [-0.2, 0) is 16.1 Å². The van der Waals surface area contributed by atoms with Crippen LogP contribution in [0.4, 0.5) is 5.69 Å². The number of halogens is 1. The summed E-state index contributed by atoms with van der Waals surface area (Å²) < 4.78 is 4.86. The Balaban J connectivity index is 2.42. The largest absolute Gasteiger partial charge is 0.398 e. The Labute approximate surface area is 118 Å². The standard InChI is InChI=1S/C13H20ClN3O2/c1-17(9-13(18)16-5-6-19-2)8-10-3-4-11(14)7-12(10)15/h3-4,7H,5-6,8-9,15H2,1-2H3,(H,16,18). The summed E-state index contributed by atoms with van der Waals surface area (Å²) in [6, 6.07) is 5.38. The van der Waals surface area contributed by atoms with Crippen LogP contribution in [0.1, 0.15) is 5.56 Å². The summed E-state index contributed by atoms with van der Waals surface area (Å²) in [6.45, 7) is 1.94. The molecular formula is C13H20ClN3O2.